The molecule has 1 saturated heterocycles. The number of piperazine rings is 1. The first-order valence-electron chi connectivity index (χ1n) is 12.2. The van der Waals surface area contributed by atoms with Crippen LogP contribution in [0.4, 0.5) is 11.6 Å². The first-order chi connectivity index (χ1) is 17.2. The van der Waals surface area contributed by atoms with Crippen LogP contribution >= 0.6 is 0 Å². The second-order valence-electron chi connectivity index (χ2n) is 9.15. The van der Waals surface area contributed by atoms with Gasteiger partial charge in [0.25, 0.3) is 0 Å². The predicted molar refractivity (Wildman–Crippen MR) is 136 cm³/mol. The lowest BCUT2D eigenvalue weighted by molar-refractivity contribution is -0.115. The van der Waals surface area contributed by atoms with Gasteiger partial charge in [0.1, 0.15) is 11.6 Å². The Morgan fingerprint density at radius 3 is 2.69 bits per heavy atom. The summed E-state index contributed by atoms with van der Waals surface area (Å²) in [5, 5.41) is 7.46. The molecule has 0 spiro atoms. The lowest BCUT2D eigenvalue weighted by Gasteiger charge is -2.30. The van der Waals surface area contributed by atoms with Gasteiger partial charge in [0, 0.05) is 49.5 Å². The number of hydrogen-bond donors (Lipinski definition) is 2. The third-order valence-electron chi connectivity index (χ3n) is 6.54. The number of amides is 1. The van der Waals surface area contributed by atoms with Crippen molar-refractivity contribution in [2.75, 3.05) is 36.4 Å². The van der Waals surface area contributed by atoms with Gasteiger partial charge < -0.3 is 15.5 Å². The van der Waals surface area contributed by atoms with Crippen molar-refractivity contribution in [2.45, 2.75) is 25.2 Å². The zero-order valence-corrected chi connectivity index (χ0v) is 19.4. The molecule has 0 atom stereocenters. The van der Waals surface area contributed by atoms with Crippen molar-refractivity contribution in [3.05, 3.63) is 72.2 Å². The van der Waals surface area contributed by atoms with Crippen LogP contribution in [0.5, 0.6) is 0 Å². The first kappa shape index (κ1) is 21.6. The number of carbonyl (C=O) groups is 1. The molecular formula is C27H27N7O. The number of hydrogen-bond acceptors (Lipinski definition) is 7. The quantitative estimate of drug-likeness (QED) is 0.450. The molecule has 3 aromatic heterocycles. The highest BCUT2D eigenvalue weighted by atomic mass is 16.1. The summed E-state index contributed by atoms with van der Waals surface area (Å²) in [5.74, 6) is 2.51. The Kier molecular flexibility index (Phi) is 5.79. The third kappa shape index (κ3) is 4.70. The van der Waals surface area contributed by atoms with Crippen molar-refractivity contribution < 1.29 is 4.79 Å². The molecule has 0 unspecified atom stereocenters. The highest BCUT2D eigenvalue weighted by molar-refractivity contribution is 5.95. The van der Waals surface area contributed by atoms with Crippen LogP contribution in [0.2, 0.25) is 0 Å². The number of anilines is 2. The molecule has 8 nitrogen and oxygen atoms in total. The Hall–Kier alpha value is -3.91. The molecule has 4 heterocycles. The van der Waals surface area contributed by atoms with Gasteiger partial charge in [0.2, 0.25) is 5.91 Å². The van der Waals surface area contributed by atoms with Crippen molar-refractivity contribution in [3.8, 4) is 11.4 Å². The maximum Gasteiger partial charge on any atom is 0.229 e. The van der Waals surface area contributed by atoms with E-state index in [0.29, 0.717) is 24.0 Å². The van der Waals surface area contributed by atoms with Crippen molar-refractivity contribution in [1.82, 2.24) is 25.3 Å². The fourth-order valence-electron chi connectivity index (χ4n) is 4.63. The summed E-state index contributed by atoms with van der Waals surface area (Å²) in [6.45, 7) is 3.65. The molecule has 35 heavy (non-hydrogen) atoms. The zero-order chi connectivity index (χ0) is 23.6. The van der Waals surface area contributed by atoms with E-state index in [4.69, 9.17) is 9.97 Å². The zero-order valence-electron chi connectivity index (χ0n) is 19.4. The van der Waals surface area contributed by atoms with Gasteiger partial charge in [-0.25, -0.2) is 15.0 Å². The number of benzene rings is 1. The summed E-state index contributed by atoms with van der Waals surface area (Å²) in [5.41, 5.74) is 3.88. The van der Waals surface area contributed by atoms with Gasteiger partial charge in [-0.2, -0.15) is 0 Å². The second-order valence-corrected chi connectivity index (χ2v) is 9.15. The Bertz CT molecular complexity index is 1360. The molecule has 2 fully saturated rings. The smallest absolute Gasteiger partial charge is 0.229 e. The molecular weight excluding hydrogens is 438 g/mol. The Balaban J connectivity index is 1.35. The van der Waals surface area contributed by atoms with Gasteiger partial charge in [-0.05, 0) is 42.0 Å². The number of nitrogens with one attached hydrogen (secondary N) is 2. The maximum atomic E-state index is 12.6. The molecule has 0 radical (unpaired) electrons. The van der Waals surface area contributed by atoms with Gasteiger partial charge >= 0.3 is 0 Å². The maximum absolute atomic E-state index is 12.6. The summed E-state index contributed by atoms with van der Waals surface area (Å²) < 4.78 is 0. The number of pyridine rings is 2. The molecule has 1 aromatic carbocycles. The molecule has 2 N–H and O–H groups in total. The Morgan fingerprint density at radius 2 is 1.89 bits per heavy atom. The van der Waals surface area contributed by atoms with Crippen LogP contribution in [0.3, 0.4) is 0 Å². The number of fused-ring (bicyclic) bond motifs is 1. The molecule has 1 aliphatic carbocycles. The van der Waals surface area contributed by atoms with Crippen LogP contribution in [0.1, 0.15) is 29.9 Å². The molecule has 0 bridgehead atoms. The van der Waals surface area contributed by atoms with Crippen LogP contribution in [-0.2, 0) is 11.2 Å². The van der Waals surface area contributed by atoms with Crippen LogP contribution in [0, 0.1) is 0 Å². The molecule has 1 saturated carbocycles. The molecule has 6 rings (SSSR count). The molecule has 176 valence electrons. The van der Waals surface area contributed by atoms with E-state index in [1.807, 2.05) is 54.9 Å². The van der Waals surface area contributed by atoms with Crippen molar-refractivity contribution >= 4 is 28.4 Å². The van der Waals surface area contributed by atoms with E-state index in [1.54, 1.807) is 6.20 Å². The third-order valence-corrected chi connectivity index (χ3v) is 6.54. The summed E-state index contributed by atoms with van der Waals surface area (Å²) in [6.07, 6.45) is 8.19. The lowest BCUT2D eigenvalue weighted by Crippen LogP contribution is -2.44. The predicted octanol–water partition coefficient (Wildman–Crippen LogP) is 3.56. The largest absolute Gasteiger partial charge is 0.353 e. The van der Waals surface area contributed by atoms with E-state index >= 15 is 0 Å². The van der Waals surface area contributed by atoms with Crippen LogP contribution in [0.15, 0.2) is 61.1 Å². The molecule has 1 aliphatic heterocycles. The minimum absolute atomic E-state index is 0.111. The van der Waals surface area contributed by atoms with E-state index in [9.17, 15) is 4.79 Å². The van der Waals surface area contributed by atoms with Crippen molar-refractivity contribution in [1.29, 1.82) is 0 Å². The van der Waals surface area contributed by atoms with Crippen LogP contribution in [-0.4, -0.2) is 52.0 Å². The van der Waals surface area contributed by atoms with Crippen LogP contribution in [0.25, 0.3) is 22.3 Å². The number of rotatable bonds is 6. The Morgan fingerprint density at radius 1 is 1.06 bits per heavy atom. The summed E-state index contributed by atoms with van der Waals surface area (Å²) >= 11 is 0. The number of carbonyl (C=O) groups excluding carboxylic acids is 1. The van der Waals surface area contributed by atoms with Gasteiger partial charge in [-0.3, -0.25) is 9.78 Å². The summed E-state index contributed by atoms with van der Waals surface area (Å²) in [4.78, 5) is 33.7. The van der Waals surface area contributed by atoms with Crippen molar-refractivity contribution in [2.24, 2.45) is 0 Å². The van der Waals surface area contributed by atoms with E-state index in [2.05, 4.69) is 25.5 Å². The molecule has 2 aliphatic rings. The SMILES string of the molecule is O=C(Cc1ccccc1)Nc1cc(-c2nc(N3CCNCC3)c3c(C4CC4)cncc3n2)ccn1. The van der Waals surface area contributed by atoms with Gasteiger partial charge in [0.05, 0.1) is 18.1 Å². The Labute approximate surface area is 203 Å². The number of aromatic nitrogens is 4. The highest BCUT2D eigenvalue weighted by Gasteiger charge is 2.29. The van der Waals surface area contributed by atoms with E-state index in [1.165, 1.54) is 18.4 Å². The first-order valence-corrected chi connectivity index (χ1v) is 12.2. The van der Waals surface area contributed by atoms with Crippen molar-refractivity contribution in [3.63, 3.8) is 0 Å². The average Bonchev–Trinajstić information content (AvgIpc) is 3.74. The monoisotopic (exact) mass is 465 g/mol. The second kappa shape index (κ2) is 9.38. The molecule has 1 amide bonds. The highest BCUT2D eigenvalue weighted by Crippen LogP contribution is 2.44. The summed E-state index contributed by atoms with van der Waals surface area (Å²) in [6, 6.07) is 13.4. The van der Waals surface area contributed by atoms with Gasteiger partial charge in [-0.1, -0.05) is 30.3 Å². The average molecular weight is 466 g/mol. The van der Waals surface area contributed by atoms with Crippen LogP contribution < -0.4 is 15.5 Å². The number of nitrogens with zero attached hydrogens (tertiary/aromatic N) is 5. The van der Waals surface area contributed by atoms with Gasteiger partial charge in [-0.15, -0.1) is 0 Å². The standard InChI is InChI=1S/C27H27N7O/c35-24(14-18-4-2-1-3-5-18)32-23-15-20(8-9-30-23)26-31-22-17-29-16-21(19-6-7-19)25(22)27(33-26)34-12-10-28-11-13-34/h1-5,8-9,15-17,19,28H,6-7,10-14H2,(H,30,32,35). The normalized spacial score (nSPS) is 15.8. The molecule has 8 heteroatoms. The minimum Gasteiger partial charge on any atom is -0.353 e. The lowest BCUT2D eigenvalue weighted by atomic mass is 10.1. The summed E-state index contributed by atoms with van der Waals surface area (Å²) in [7, 11) is 0. The molecule has 4 aromatic rings. The van der Waals surface area contributed by atoms with E-state index in [-0.39, 0.29) is 5.91 Å². The topological polar surface area (TPSA) is 95.9 Å². The van der Waals surface area contributed by atoms with E-state index in [0.717, 1.165) is 54.0 Å². The fourth-order valence-corrected chi connectivity index (χ4v) is 4.63. The van der Waals surface area contributed by atoms with Gasteiger partial charge in [0.15, 0.2) is 5.82 Å². The fraction of sp³-hybridized carbons (Fsp3) is 0.296. The van der Waals surface area contributed by atoms with E-state index < -0.39 is 0 Å². The minimum atomic E-state index is -0.111.